The van der Waals surface area contributed by atoms with Gasteiger partial charge in [0.1, 0.15) is 12.6 Å². The molecule has 0 bridgehead atoms. The zero-order valence-corrected chi connectivity index (χ0v) is 5.95. The lowest BCUT2D eigenvalue weighted by atomic mass is 10.0. The summed E-state index contributed by atoms with van der Waals surface area (Å²) in [5.74, 6) is -0.0114. The quantitative estimate of drug-likeness (QED) is 0.412. The van der Waals surface area contributed by atoms with E-state index in [0.717, 1.165) is 12.6 Å². The van der Waals surface area contributed by atoms with Crippen LogP contribution in [0.4, 0.5) is 0 Å². The third-order valence-electron chi connectivity index (χ3n) is 1.32. The second kappa shape index (κ2) is 6.20. The van der Waals surface area contributed by atoms with E-state index in [1.54, 1.807) is 6.08 Å². The topological polar surface area (TPSA) is 34.1 Å². The normalized spacial score (nSPS) is 12.0. The van der Waals surface area contributed by atoms with Crippen LogP contribution in [-0.2, 0) is 9.59 Å². The van der Waals surface area contributed by atoms with Crippen molar-refractivity contribution in [1.29, 1.82) is 0 Å². The Morgan fingerprint density at radius 2 is 2.10 bits per heavy atom. The number of carbonyl (C=O) groups excluding carboxylic acids is 2. The molecule has 2 heteroatoms. The zero-order valence-electron chi connectivity index (χ0n) is 5.95. The molecule has 0 spiro atoms. The average molecular weight is 140 g/mol. The summed E-state index contributed by atoms with van der Waals surface area (Å²) in [5, 5.41) is 0. The Bertz CT molecular complexity index is 118. The fourth-order valence-corrected chi connectivity index (χ4v) is 0.738. The van der Waals surface area contributed by atoms with Crippen LogP contribution in [0.3, 0.4) is 0 Å². The van der Waals surface area contributed by atoms with E-state index in [4.69, 9.17) is 0 Å². The van der Waals surface area contributed by atoms with Crippen LogP contribution in [0.15, 0.2) is 12.7 Å². The minimum atomic E-state index is -0.0114. The van der Waals surface area contributed by atoms with Gasteiger partial charge in [0.05, 0.1) is 0 Å². The highest BCUT2D eigenvalue weighted by atomic mass is 16.1. The van der Waals surface area contributed by atoms with Crippen molar-refractivity contribution in [1.82, 2.24) is 0 Å². The van der Waals surface area contributed by atoms with Crippen LogP contribution in [-0.4, -0.2) is 12.6 Å². The van der Waals surface area contributed by atoms with Gasteiger partial charge in [0.25, 0.3) is 0 Å². The largest absolute Gasteiger partial charge is 0.303 e. The molecule has 56 valence electrons. The van der Waals surface area contributed by atoms with Crippen LogP contribution in [0.2, 0.25) is 0 Å². The van der Waals surface area contributed by atoms with Gasteiger partial charge in [0, 0.05) is 12.3 Å². The smallest absolute Gasteiger partial charge is 0.123 e. The van der Waals surface area contributed by atoms with E-state index < -0.39 is 0 Å². The SMILES string of the molecule is C=CCC(C=O)CCC=O. The van der Waals surface area contributed by atoms with Gasteiger partial charge in [-0.3, -0.25) is 0 Å². The van der Waals surface area contributed by atoms with Crippen molar-refractivity contribution in [3.05, 3.63) is 12.7 Å². The predicted octanol–water partition coefficient (Wildman–Crippen LogP) is 1.36. The van der Waals surface area contributed by atoms with Crippen LogP contribution < -0.4 is 0 Å². The maximum atomic E-state index is 10.2. The third-order valence-corrected chi connectivity index (χ3v) is 1.32. The Hall–Kier alpha value is -0.920. The lowest BCUT2D eigenvalue weighted by Gasteiger charge is -2.01. The van der Waals surface area contributed by atoms with Gasteiger partial charge in [-0.25, -0.2) is 0 Å². The number of hydrogen-bond donors (Lipinski definition) is 0. The summed E-state index contributed by atoms with van der Waals surface area (Å²) < 4.78 is 0. The molecular formula is C8H12O2. The summed E-state index contributed by atoms with van der Waals surface area (Å²) in [6.07, 6.45) is 5.21. The zero-order chi connectivity index (χ0) is 7.82. The van der Waals surface area contributed by atoms with Crippen molar-refractivity contribution in [2.45, 2.75) is 19.3 Å². The van der Waals surface area contributed by atoms with Crippen LogP contribution in [0.5, 0.6) is 0 Å². The van der Waals surface area contributed by atoms with Crippen molar-refractivity contribution in [2.24, 2.45) is 5.92 Å². The first-order valence-corrected chi connectivity index (χ1v) is 3.35. The molecule has 0 aromatic carbocycles. The summed E-state index contributed by atoms with van der Waals surface area (Å²) in [7, 11) is 0. The standard InChI is InChI=1S/C8H12O2/c1-2-4-8(7-10)5-3-6-9/h2,6-8H,1,3-5H2. The van der Waals surface area contributed by atoms with Crippen molar-refractivity contribution >= 4 is 12.6 Å². The fraction of sp³-hybridized carbons (Fsp3) is 0.500. The number of rotatable bonds is 6. The third kappa shape index (κ3) is 4.01. The van der Waals surface area contributed by atoms with E-state index in [9.17, 15) is 9.59 Å². The minimum Gasteiger partial charge on any atom is -0.303 e. The number of carbonyl (C=O) groups is 2. The maximum Gasteiger partial charge on any atom is 0.123 e. The van der Waals surface area contributed by atoms with Gasteiger partial charge in [-0.1, -0.05) is 6.08 Å². The van der Waals surface area contributed by atoms with Gasteiger partial charge in [-0.2, -0.15) is 0 Å². The van der Waals surface area contributed by atoms with Gasteiger partial charge >= 0.3 is 0 Å². The summed E-state index contributed by atoms with van der Waals surface area (Å²) in [5.41, 5.74) is 0. The van der Waals surface area contributed by atoms with Crippen molar-refractivity contribution in [2.75, 3.05) is 0 Å². The molecule has 0 aliphatic heterocycles. The Morgan fingerprint density at radius 3 is 2.50 bits per heavy atom. The van der Waals surface area contributed by atoms with Gasteiger partial charge in [-0.15, -0.1) is 6.58 Å². The summed E-state index contributed by atoms with van der Waals surface area (Å²) in [4.78, 5) is 20.1. The Kier molecular flexibility index (Phi) is 5.63. The lowest BCUT2D eigenvalue weighted by Crippen LogP contribution is -2.00. The molecule has 2 nitrogen and oxygen atoms in total. The average Bonchev–Trinajstić information content (AvgIpc) is 1.98. The molecule has 1 atom stereocenters. The van der Waals surface area contributed by atoms with E-state index in [1.165, 1.54) is 0 Å². The van der Waals surface area contributed by atoms with E-state index in [0.29, 0.717) is 19.3 Å². The first-order valence-electron chi connectivity index (χ1n) is 3.35. The molecule has 0 heterocycles. The van der Waals surface area contributed by atoms with E-state index in [1.807, 2.05) is 0 Å². The Balaban J connectivity index is 3.47. The second-order valence-corrected chi connectivity index (χ2v) is 2.16. The van der Waals surface area contributed by atoms with Crippen molar-refractivity contribution < 1.29 is 9.59 Å². The van der Waals surface area contributed by atoms with Gasteiger partial charge < -0.3 is 9.59 Å². The summed E-state index contributed by atoms with van der Waals surface area (Å²) >= 11 is 0. The molecule has 0 saturated carbocycles. The van der Waals surface area contributed by atoms with Gasteiger partial charge in [0.15, 0.2) is 0 Å². The van der Waals surface area contributed by atoms with Crippen LogP contribution in [0.1, 0.15) is 19.3 Å². The van der Waals surface area contributed by atoms with Crippen molar-refractivity contribution in [3.63, 3.8) is 0 Å². The number of aldehydes is 2. The van der Waals surface area contributed by atoms with Gasteiger partial charge in [-0.05, 0) is 12.8 Å². The second-order valence-electron chi connectivity index (χ2n) is 2.16. The summed E-state index contributed by atoms with van der Waals surface area (Å²) in [6, 6.07) is 0. The minimum absolute atomic E-state index is 0.0114. The maximum absolute atomic E-state index is 10.2. The lowest BCUT2D eigenvalue weighted by molar-refractivity contribution is -0.111. The Morgan fingerprint density at radius 1 is 1.40 bits per heavy atom. The summed E-state index contributed by atoms with van der Waals surface area (Å²) in [6.45, 7) is 3.51. The molecule has 1 unspecified atom stereocenters. The molecule has 10 heavy (non-hydrogen) atoms. The highest BCUT2D eigenvalue weighted by molar-refractivity contribution is 5.56. The molecule has 0 aromatic heterocycles. The van der Waals surface area contributed by atoms with Crippen LogP contribution in [0.25, 0.3) is 0 Å². The van der Waals surface area contributed by atoms with E-state index >= 15 is 0 Å². The number of hydrogen-bond acceptors (Lipinski definition) is 2. The molecule has 0 saturated heterocycles. The predicted molar refractivity (Wildman–Crippen MR) is 39.7 cm³/mol. The van der Waals surface area contributed by atoms with E-state index in [-0.39, 0.29) is 5.92 Å². The molecule has 0 aromatic rings. The van der Waals surface area contributed by atoms with Crippen LogP contribution >= 0.6 is 0 Å². The molecule has 0 amide bonds. The molecular weight excluding hydrogens is 128 g/mol. The highest BCUT2D eigenvalue weighted by Gasteiger charge is 2.02. The fourth-order valence-electron chi connectivity index (χ4n) is 0.738. The van der Waals surface area contributed by atoms with Crippen LogP contribution in [0, 0.1) is 5.92 Å². The van der Waals surface area contributed by atoms with E-state index in [2.05, 4.69) is 6.58 Å². The highest BCUT2D eigenvalue weighted by Crippen LogP contribution is 2.06. The first-order chi connectivity index (χ1) is 4.85. The molecule has 0 N–H and O–H groups in total. The number of allylic oxidation sites excluding steroid dienone is 1. The molecule has 0 rings (SSSR count). The molecule has 0 radical (unpaired) electrons. The molecule has 0 aliphatic rings. The van der Waals surface area contributed by atoms with Gasteiger partial charge in [0.2, 0.25) is 0 Å². The first kappa shape index (κ1) is 9.08. The van der Waals surface area contributed by atoms with Crippen molar-refractivity contribution in [3.8, 4) is 0 Å². The molecule has 0 aliphatic carbocycles. The monoisotopic (exact) mass is 140 g/mol. The Labute approximate surface area is 60.9 Å². The molecule has 0 fully saturated rings.